The molecule has 0 aliphatic heterocycles. The predicted molar refractivity (Wildman–Crippen MR) is 103 cm³/mol. The molecule has 0 fully saturated rings. The lowest BCUT2D eigenvalue weighted by molar-refractivity contribution is 0.355. The molecule has 7 heteroatoms. The molecule has 0 aliphatic carbocycles. The molecule has 126 valence electrons. The van der Waals surface area contributed by atoms with Gasteiger partial charge < -0.3 is 14.8 Å². The Morgan fingerprint density at radius 1 is 1.21 bits per heavy atom. The zero-order valence-corrected chi connectivity index (χ0v) is 15.2. The molecule has 0 amide bonds. The fraction of sp³-hybridized carbons (Fsp3) is 0.176. The number of methoxy groups -OCH3 is 2. The molecule has 0 unspecified atom stereocenters. The number of nitrogens with one attached hydrogen (secondary N) is 2. The summed E-state index contributed by atoms with van der Waals surface area (Å²) in [6.45, 7) is 2.00. The largest absolute Gasteiger partial charge is 0.493 e. The van der Waals surface area contributed by atoms with Crippen molar-refractivity contribution < 1.29 is 9.47 Å². The van der Waals surface area contributed by atoms with E-state index in [1.165, 1.54) is 7.11 Å². The Balaban J connectivity index is 2.02. The Morgan fingerprint density at radius 3 is 2.62 bits per heavy atom. The highest BCUT2D eigenvalue weighted by molar-refractivity contribution is 7.80. The van der Waals surface area contributed by atoms with E-state index in [9.17, 15) is 0 Å². The first-order valence-electron chi connectivity index (χ1n) is 7.12. The summed E-state index contributed by atoms with van der Waals surface area (Å²) in [5.74, 6) is 1.02. The average molecular weight is 364 g/mol. The van der Waals surface area contributed by atoms with Crippen LogP contribution < -0.4 is 20.2 Å². The maximum Gasteiger partial charge on any atom is 0.191 e. The first kappa shape index (κ1) is 18.0. The summed E-state index contributed by atoms with van der Waals surface area (Å²) >= 11 is 11.4. The summed E-state index contributed by atoms with van der Waals surface area (Å²) < 4.78 is 10.4. The van der Waals surface area contributed by atoms with Gasteiger partial charge in [0, 0.05) is 5.69 Å². The minimum Gasteiger partial charge on any atom is -0.493 e. The molecule has 2 aromatic rings. The minimum absolute atomic E-state index is 0.395. The standard InChI is InChI=1S/C17H18ClN3O2S/c1-11-6-4-5-7-14(11)20-17(24)21-19-10-12-8-13(18)16(23-3)15(9-12)22-2/h4-10H,1-3H3,(H2,20,21,24)/b19-10-. The van der Waals surface area contributed by atoms with Gasteiger partial charge in [-0.1, -0.05) is 29.8 Å². The van der Waals surface area contributed by atoms with Gasteiger partial charge in [0.2, 0.25) is 0 Å². The molecule has 2 N–H and O–H groups in total. The Hall–Kier alpha value is -2.31. The van der Waals surface area contributed by atoms with Crippen LogP contribution in [0.2, 0.25) is 5.02 Å². The quantitative estimate of drug-likeness (QED) is 0.478. The lowest BCUT2D eigenvalue weighted by Crippen LogP contribution is -2.24. The van der Waals surface area contributed by atoms with E-state index in [1.807, 2.05) is 31.2 Å². The highest BCUT2D eigenvalue weighted by Crippen LogP contribution is 2.35. The predicted octanol–water partition coefficient (Wildman–Crippen LogP) is 3.99. The zero-order chi connectivity index (χ0) is 17.5. The number of hydrazone groups is 1. The third-order valence-electron chi connectivity index (χ3n) is 3.23. The maximum absolute atomic E-state index is 6.15. The fourth-order valence-electron chi connectivity index (χ4n) is 2.04. The van der Waals surface area contributed by atoms with Crippen molar-refractivity contribution in [2.24, 2.45) is 5.10 Å². The van der Waals surface area contributed by atoms with Crippen LogP contribution in [0.5, 0.6) is 11.5 Å². The van der Waals surface area contributed by atoms with Crippen molar-refractivity contribution in [2.75, 3.05) is 19.5 Å². The number of rotatable bonds is 5. The first-order chi connectivity index (χ1) is 11.5. The molecule has 0 atom stereocenters. The van der Waals surface area contributed by atoms with Crippen LogP contribution in [0, 0.1) is 6.92 Å². The minimum atomic E-state index is 0.395. The van der Waals surface area contributed by atoms with Crippen LogP contribution in [-0.2, 0) is 0 Å². The Labute approximate surface area is 151 Å². The lowest BCUT2D eigenvalue weighted by atomic mass is 10.2. The number of ether oxygens (including phenoxy) is 2. The van der Waals surface area contributed by atoms with Gasteiger partial charge in [0.25, 0.3) is 0 Å². The van der Waals surface area contributed by atoms with Gasteiger partial charge in [0.05, 0.1) is 25.5 Å². The molecule has 24 heavy (non-hydrogen) atoms. The number of nitrogens with zero attached hydrogens (tertiary/aromatic N) is 1. The first-order valence-corrected chi connectivity index (χ1v) is 7.91. The van der Waals surface area contributed by atoms with Crippen molar-refractivity contribution in [1.29, 1.82) is 0 Å². The zero-order valence-electron chi connectivity index (χ0n) is 13.6. The normalized spacial score (nSPS) is 10.5. The van der Waals surface area contributed by atoms with Gasteiger partial charge in [-0.2, -0.15) is 5.10 Å². The molecule has 0 radical (unpaired) electrons. The van der Waals surface area contributed by atoms with Crippen molar-refractivity contribution in [3.63, 3.8) is 0 Å². The molecule has 0 aliphatic rings. The van der Waals surface area contributed by atoms with Gasteiger partial charge in [-0.15, -0.1) is 0 Å². The van der Waals surface area contributed by atoms with Crippen molar-refractivity contribution in [3.8, 4) is 11.5 Å². The van der Waals surface area contributed by atoms with Crippen LogP contribution >= 0.6 is 23.8 Å². The second-order valence-electron chi connectivity index (χ2n) is 4.88. The van der Waals surface area contributed by atoms with Crippen LogP contribution in [0.15, 0.2) is 41.5 Å². The Morgan fingerprint density at radius 2 is 1.96 bits per heavy atom. The number of para-hydroxylation sites is 1. The van der Waals surface area contributed by atoms with E-state index in [0.717, 1.165) is 16.8 Å². The van der Waals surface area contributed by atoms with Gasteiger partial charge in [-0.3, -0.25) is 5.43 Å². The van der Waals surface area contributed by atoms with Gasteiger partial charge in [0.15, 0.2) is 16.6 Å². The van der Waals surface area contributed by atoms with E-state index in [1.54, 1.807) is 25.5 Å². The van der Waals surface area contributed by atoms with Crippen LogP contribution in [0.3, 0.4) is 0 Å². The third-order valence-corrected chi connectivity index (χ3v) is 3.70. The van der Waals surface area contributed by atoms with Crippen molar-refractivity contribution >= 4 is 40.8 Å². The molecule has 2 aromatic carbocycles. The van der Waals surface area contributed by atoms with Gasteiger partial charge in [-0.05, 0) is 48.5 Å². The highest BCUT2D eigenvalue weighted by Gasteiger charge is 2.09. The number of hydrogen-bond donors (Lipinski definition) is 2. The molecule has 0 heterocycles. The molecule has 5 nitrogen and oxygen atoms in total. The van der Waals surface area contributed by atoms with E-state index >= 15 is 0 Å². The van der Waals surface area contributed by atoms with Gasteiger partial charge in [-0.25, -0.2) is 0 Å². The average Bonchev–Trinajstić information content (AvgIpc) is 2.56. The summed E-state index contributed by atoms with van der Waals surface area (Å²) in [5.41, 5.74) is 5.55. The molecule has 0 saturated carbocycles. The fourth-order valence-corrected chi connectivity index (χ4v) is 2.50. The molecule has 0 saturated heterocycles. The summed E-state index contributed by atoms with van der Waals surface area (Å²) in [7, 11) is 3.09. The van der Waals surface area contributed by atoms with E-state index in [4.69, 9.17) is 33.3 Å². The second kappa shape index (κ2) is 8.52. The van der Waals surface area contributed by atoms with E-state index < -0.39 is 0 Å². The molecular weight excluding hydrogens is 346 g/mol. The smallest absolute Gasteiger partial charge is 0.191 e. The molecule has 2 rings (SSSR count). The summed E-state index contributed by atoms with van der Waals surface area (Å²) in [6, 6.07) is 11.4. The summed E-state index contributed by atoms with van der Waals surface area (Å²) in [5, 5.41) is 8.03. The Kier molecular flexibility index (Phi) is 6.40. The van der Waals surface area contributed by atoms with E-state index in [0.29, 0.717) is 21.6 Å². The number of benzene rings is 2. The lowest BCUT2D eigenvalue weighted by Gasteiger charge is -2.10. The number of hydrogen-bond acceptors (Lipinski definition) is 4. The summed E-state index contributed by atoms with van der Waals surface area (Å²) in [4.78, 5) is 0. The summed E-state index contributed by atoms with van der Waals surface area (Å²) in [6.07, 6.45) is 1.60. The number of anilines is 1. The monoisotopic (exact) mass is 363 g/mol. The van der Waals surface area contributed by atoms with E-state index in [2.05, 4.69) is 15.8 Å². The molecule has 0 spiro atoms. The second-order valence-corrected chi connectivity index (χ2v) is 5.69. The van der Waals surface area contributed by atoms with Crippen molar-refractivity contribution in [1.82, 2.24) is 5.43 Å². The number of halogens is 1. The molecule has 0 bridgehead atoms. The van der Waals surface area contributed by atoms with Gasteiger partial charge >= 0.3 is 0 Å². The SMILES string of the molecule is COc1cc(/C=N\NC(=S)Nc2ccccc2C)cc(Cl)c1OC. The van der Waals surface area contributed by atoms with Crippen LogP contribution in [-0.4, -0.2) is 25.5 Å². The van der Waals surface area contributed by atoms with Crippen LogP contribution in [0.4, 0.5) is 5.69 Å². The number of aryl methyl sites for hydroxylation is 1. The van der Waals surface area contributed by atoms with E-state index in [-0.39, 0.29) is 0 Å². The third kappa shape index (κ3) is 4.59. The maximum atomic E-state index is 6.15. The topological polar surface area (TPSA) is 54.9 Å². The van der Waals surface area contributed by atoms with Crippen molar-refractivity contribution in [2.45, 2.75) is 6.92 Å². The Bertz CT molecular complexity index is 765. The van der Waals surface area contributed by atoms with Crippen molar-refractivity contribution in [3.05, 3.63) is 52.5 Å². The van der Waals surface area contributed by atoms with Crippen LogP contribution in [0.25, 0.3) is 0 Å². The van der Waals surface area contributed by atoms with Crippen LogP contribution in [0.1, 0.15) is 11.1 Å². The molecule has 0 aromatic heterocycles. The van der Waals surface area contributed by atoms with Gasteiger partial charge in [0.1, 0.15) is 0 Å². The highest BCUT2D eigenvalue weighted by atomic mass is 35.5. The molecular formula is C17H18ClN3O2S. The number of thiocarbonyl (C=S) groups is 1.